The molecule has 26 heavy (non-hydrogen) atoms. The SMILES string of the molecule is CCCc1nnsc1C(=O)NCCN1CCN(C(=O)c2cccs2)CC1. The van der Waals surface area contributed by atoms with Crippen molar-refractivity contribution in [2.24, 2.45) is 0 Å². The number of hydrogen-bond donors (Lipinski definition) is 1. The van der Waals surface area contributed by atoms with Crippen LogP contribution in [-0.2, 0) is 6.42 Å². The van der Waals surface area contributed by atoms with E-state index in [1.165, 1.54) is 11.3 Å². The molecule has 0 atom stereocenters. The van der Waals surface area contributed by atoms with Gasteiger partial charge in [-0.1, -0.05) is 23.9 Å². The summed E-state index contributed by atoms with van der Waals surface area (Å²) in [7, 11) is 0. The second-order valence-electron chi connectivity index (χ2n) is 6.17. The first kappa shape index (κ1) is 18.9. The highest BCUT2D eigenvalue weighted by atomic mass is 32.1. The maximum Gasteiger partial charge on any atom is 0.264 e. The van der Waals surface area contributed by atoms with Gasteiger partial charge in [0.15, 0.2) is 0 Å². The molecule has 2 amide bonds. The predicted molar refractivity (Wildman–Crippen MR) is 103 cm³/mol. The van der Waals surface area contributed by atoms with Crippen molar-refractivity contribution in [3.05, 3.63) is 33.0 Å². The zero-order valence-electron chi connectivity index (χ0n) is 14.8. The summed E-state index contributed by atoms with van der Waals surface area (Å²) in [5.41, 5.74) is 0.788. The van der Waals surface area contributed by atoms with E-state index in [4.69, 9.17) is 0 Å². The highest BCUT2D eigenvalue weighted by molar-refractivity contribution is 7.12. The third kappa shape index (κ3) is 4.66. The Labute approximate surface area is 161 Å². The van der Waals surface area contributed by atoms with Gasteiger partial charge in [-0.25, -0.2) is 0 Å². The van der Waals surface area contributed by atoms with Crippen LogP contribution < -0.4 is 5.32 Å². The van der Waals surface area contributed by atoms with Gasteiger partial charge in [0.2, 0.25) is 0 Å². The van der Waals surface area contributed by atoms with Crippen LogP contribution in [0, 0.1) is 0 Å². The molecule has 0 spiro atoms. The zero-order valence-corrected chi connectivity index (χ0v) is 16.4. The van der Waals surface area contributed by atoms with Gasteiger partial charge in [0, 0.05) is 39.3 Å². The molecule has 0 aliphatic carbocycles. The molecule has 1 saturated heterocycles. The van der Waals surface area contributed by atoms with E-state index in [0.717, 1.165) is 67.7 Å². The number of rotatable bonds is 7. The topological polar surface area (TPSA) is 78.4 Å². The number of amides is 2. The van der Waals surface area contributed by atoms with E-state index in [-0.39, 0.29) is 11.8 Å². The lowest BCUT2D eigenvalue weighted by atomic mass is 10.2. The highest BCUT2D eigenvalue weighted by Gasteiger charge is 2.22. The van der Waals surface area contributed by atoms with Gasteiger partial charge < -0.3 is 10.2 Å². The molecular weight excluding hydrogens is 370 g/mol. The molecule has 1 fully saturated rings. The van der Waals surface area contributed by atoms with Gasteiger partial charge in [0.1, 0.15) is 4.88 Å². The number of nitrogens with zero attached hydrogens (tertiary/aromatic N) is 4. The average Bonchev–Trinajstić information content (AvgIpc) is 3.34. The van der Waals surface area contributed by atoms with Gasteiger partial charge >= 0.3 is 0 Å². The van der Waals surface area contributed by atoms with Crippen LogP contribution in [0.3, 0.4) is 0 Å². The smallest absolute Gasteiger partial charge is 0.264 e. The Morgan fingerprint density at radius 1 is 1.27 bits per heavy atom. The van der Waals surface area contributed by atoms with Crippen LogP contribution in [0.5, 0.6) is 0 Å². The number of carbonyl (C=O) groups excluding carboxylic acids is 2. The normalized spacial score (nSPS) is 15.2. The Balaban J connectivity index is 1.39. The molecule has 0 bridgehead atoms. The summed E-state index contributed by atoms with van der Waals surface area (Å²) in [6, 6.07) is 3.78. The van der Waals surface area contributed by atoms with Crippen molar-refractivity contribution in [2.75, 3.05) is 39.3 Å². The number of piperazine rings is 1. The first-order chi connectivity index (χ1) is 12.7. The minimum atomic E-state index is -0.0880. The summed E-state index contributed by atoms with van der Waals surface area (Å²) < 4.78 is 3.89. The molecule has 140 valence electrons. The molecule has 2 aromatic rings. The fourth-order valence-electron chi connectivity index (χ4n) is 2.92. The zero-order chi connectivity index (χ0) is 18.4. The molecule has 3 rings (SSSR count). The van der Waals surface area contributed by atoms with Crippen molar-refractivity contribution in [1.82, 2.24) is 24.7 Å². The number of thiophene rings is 1. The van der Waals surface area contributed by atoms with E-state index in [2.05, 4.69) is 26.7 Å². The average molecular weight is 394 g/mol. The lowest BCUT2D eigenvalue weighted by Gasteiger charge is -2.34. The minimum absolute atomic E-state index is 0.0880. The Morgan fingerprint density at radius 2 is 2.08 bits per heavy atom. The minimum Gasteiger partial charge on any atom is -0.350 e. The van der Waals surface area contributed by atoms with Crippen molar-refractivity contribution in [3.63, 3.8) is 0 Å². The monoisotopic (exact) mass is 393 g/mol. The molecule has 2 aromatic heterocycles. The largest absolute Gasteiger partial charge is 0.350 e. The van der Waals surface area contributed by atoms with Gasteiger partial charge in [-0.2, -0.15) is 0 Å². The van der Waals surface area contributed by atoms with Crippen LogP contribution >= 0.6 is 22.9 Å². The van der Waals surface area contributed by atoms with Gasteiger partial charge in [-0.05, 0) is 29.4 Å². The summed E-state index contributed by atoms with van der Waals surface area (Å²) in [6.45, 7) is 6.54. The molecule has 9 heteroatoms. The van der Waals surface area contributed by atoms with E-state index in [1.807, 2.05) is 22.4 Å². The van der Waals surface area contributed by atoms with Crippen molar-refractivity contribution >= 4 is 34.7 Å². The molecule has 0 saturated carbocycles. The van der Waals surface area contributed by atoms with Crippen LogP contribution in [-0.4, -0.2) is 70.5 Å². The first-order valence-corrected chi connectivity index (χ1v) is 10.5. The molecular formula is C17H23N5O2S2. The molecule has 1 N–H and O–H groups in total. The van der Waals surface area contributed by atoms with Crippen LogP contribution in [0.1, 0.15) is 38.4 Å². The summed E-state index contributed by atoms with van der Waals surface area (Å²) >= 11 is 2.64. The third-order valence-electron chi connectivity index (χ3n) is 4.35. The number of hydrogen-bond acceptors (Lipinski definition) is 7. The van der Waals surface area contributed by atoms with Crippen LogP contribution in [0.2, 0.25) is 0 Å². The summed E-state index contributed by atoms with van der Waals surface area (Å²) in [6.07, 6.45) is 1.72. The lowest BCUT2D eigenvalue weighted by molar-refractivity contribution is 0.0643. The van der Waals surface area contributed by atoms with Crippen molar-refractivity contribution in [3.8, 4) is 0 Å². The first-order valence-electron chi connectivity index (χ1n) is 8.83. The predicted octanol–water partition coefficient (Wildman–Crippen LogP) is 1.74. The van der Waals surface area contributed by atoms with E-state index in [9.17, 15) is 9.59 Å². The van der Waals surface area contributed by atoms with Gasteiger partial charge in [-0.3, -0.25) is 14.5 Å². The Hall–Kier alpha value is -1.84. The van der Waals surface area contributed by atoms with Crippen molar-refractivity contribution in [1.29, 1.82) is 0 Å². The Morgan fingerprint density at radius 3 is 2.77 bits per heavy atom. The van der Waals surface area contributed by atoms with Gasteiger partial charge in [0.25, 0.3) is 11.8 Å². The van der Waals surface area contributed by atoms with Gasteiger partial charge in [0.05, 0.1) is 10.6 Å². The molecule has 0 aromatic carbocycles. The van der Waals surface area contributed by atoms with E-state index < -0.39 is 0 Å². The maximum atomic E-state index is 12.3. The van der Waals surface area contributed by atoms with Crippen LogP contribution in [0.15, 0.2) is 17.5 Å². The van der Waals surface area contributed by atoms with E-state index >= 15 is 0 Å². The molecule has 7 nitrogen and oxygen atoms in total. The van der Waals surface area contributed by atoms with Crippen LogP contribution in [0.25, 0.3) is 0 Å². The fourth-order valence-corrected chi connectivity index (χ4v) is 4.24. The summed E-state index contributed by atoms with van der Waals surface area (Å²) in [5, 5.41) is 8.92. The Bertz CT molecular complexity index is 723. The number of aromatic nitrogens is 2. The van der Waals surface area contributed by atoms with E-state index in [0.29, 0.717) is 11.4 Å². The van der Waals surface area contributed by atoms with Crippen molar-refractivity contribution in [2.45, 2.75) is 19.8 Å². The van der Waals surface area contributed by atoms with Gasteiger partial charge in [-0.15, -0.1) is 16.4 Å². The summed E-state index contributed by atoms with van der Waals surface area (Å²) in [4.78, 5) is 30.2. The molecule has 3 heterocycles. The number of nitrogens with one attached hydrogen (secondary N) is 1. The number of carbonyl (C=O) groups is 2. The van der Waals surface area contributed by atoms with E-state index in [1.54, 1.807) is 0 Å². The second-order valence-corrected chi connectivity index (χ2v) is 7.87. The lowest BCUT2D eigenvalue weighted by Crippen LogP contribution is -2.50. The third-order valence-corrected chi connectivity index (χ3v) is 5.98. The quantitative estimate of drug-likeness (QED) is 0.775. The molecule has 1 aliphatic heterocycles. The van der Waals surface area contributed by atoms with Crippen molar-refractivity contribution < 1.29 is 9.59 Å². The highest BCUT2D eigenvalue weighted by Crippen LogP contribution is 2.14. The second kappa shape index (κ2) is 9.20. The number of aryl methyl sites for hydroxylation is 1. The van der Waals surface area contributed by atoms with Crippen LogP contribution in [0.4, 0.5) is 0 Å². The fraction of sp³-hybridized carbons (Fsp3) is 0.529. The molecule has 0 radical (unpaired) electrons. The molecule has 1 aliphatic rings. The molecule has 0 unspecified atom stereocenters. The Kier molecular flexibility index (Phi) is 6.70. The summed E-state index contributed by atoms with van der Waals surface area (Å²) in [5.74, 6) is 0.0315. The standard InChI is InChI=1S/C17H23N5O2S2/c1-2-4-13-15(26-20-19-13)16(23)18-6-7-21-8-10-22(11-9-21)17(24)14-5-3-12-25-14/h3,5,12H,2,4,6-11H2,1H3,(H,18,23). The maximum absolute atomic E-state index is 12.3.